The second-order valence-electron chi connectivity index (χ2n) is 11.6. The summed E-state index contributed by atoms with van der Waals surface area (Å²) < 4.78 is 80.4. The molecule has 2 N–H and O–H groups in total. The summed E-state index contributed by atoms with van der Waals surface area (Å²) in [6.07, 6.45) is -1.73. The van der Waals surface area contributed by atoms with Gasteiger partial charge in [0.25, 0.3) is 0 Å². The predicted molar refractivity (Wildman–Crippen MR) is 124 cm³/mol. The van der Waals surface area contributed by atoms with E-state index in [2.05, 4.69) is 17.6 Å². The number of nitrogens with one attached hydrogen (secondary N) is 2. The molecule has 7 atom stereocenters. The molecule has 37 heavy (non-hydrogen) atoms. The molecule has 0 bridgehead atoms. The van der Waals surface area contributed by atoms with Crippen molar-refractivity contribution in [3.63, 3.8) is 0 Å². The number of carbonyl (C=O) groups is 2. The molecule has 4 nitrogen and oxygen atoms in total. The van der Waals surface area contributed by atoms with E-state index in [1.165, 1.54) is 0 Å². The minimum atomic E-state index is -4.91. The Morgan fingerprint density at radius 3 is 2.38 bits per heavy atom. The second-order valence-corrected chi connectivity index (χ2v) is 11.6. The van der Waals surface area contributed by atoms with Gasteiger partial charge in [0.2, 0.25) is 11.8 Å². The van der Waals surface area contributed by atoms with Crippen LogP contribution in [0.5, 0.6) is 0 Å². The molecule has 1 aromatic rings. The molecule has 202 valence electrons. The van der Waals surface area contributed by atoms with Gasteiger partial charge in [-0.3, -0.25) is 9.59 Å². The molecule has 10 heteroatoms. The molecule has 0 radical (unpaired) electrons. The lowest BCUT2D eigenvalue weighted by molar-refractivity contribution is -0.141. The first-order chi connectivity index (χ1) is 17.1. The summed E-state index contributed by atoms with van der Waals surface area (Å²) in [5.41, 5.74) is -4.06. The third kappa shape index (κ3) is 4.24. The van der Waals surface area contributed by atoms with Crippen molar-refractivity contribution in [3.05, 3.63) is 41.5 Å². The number of halogens is 6. The zero-order chi connectivity index (χ0) is 27.0. The maximum Gasteiger partial charge on any atom is 0.418 e. The van der Waals surface area contributed by atoms with E-state index >= 15 is 0 Å². The molecule has 5 rings (SSSR count). The third-order valence-corrected chi connectivity index (χ3v) is 9.91. The minimum Gasteiger partial charge on any atom is -0.349 e. The van der Waals surface area contributed by atoms with Gasteiger partial charge in [-0.1, -0.05) is 19.9 Å². The van der Waals surface area contributed by atoms with Gasteiger partial charge in [-0.05, 0) is 86.0 Å². The van der Waals surface area contributed by atoms with Crippen LogP contribution in [0, 0.1) is 34.5 Å². The van der Waals surface area contributed by atoms with E-state index in [1.807, 2.05) is 13.0 Å². The van der Waals surface area contributed by atoms with Gasteiger partial charge in [-0.15, -0.1) is 0 Å². The molecule has 0 saturated heterocycles. The fourth-order valence-corrected chi connectivity index (χ4v) is 8.06. The first kappa shape index (κ1) is 26.1. The first-order valence-electron chi connectivity index (χ1n) is 12.7. The molecular weight excluding hydrogens is 498 g/mol. The third-order valence-electron chi connectivity index (χ3n) is 9.91. The van der Waals surface area contributed by atoms with E-state index in [4.69, 9.17) is 0 Å². The summed E-state index contributed by atoms with van der Waals surface area (Å²) in [6, 6.07) is 1.18. The lowest BCUT2D eigenvalue weighted by atomic mass is 9.48. The Kier molecular flexibility index (Phi) is 5.99. The van der Waals surface area contributed by atoms with E-state index in [0.29, 0.717) is 42.9 Å². The van der Waals surface area contributed by atoms with E-state index in [9.17, 15) is 35.9 Å². The van der Waals surface area contributed by atoms with Gasteiger partial charge in [-0.25, -0.2) is 0 Å². The number of carbonyl (C=O) groups excluding carboxylic acids is 2. The van der Waals surface area contributed by atoms with Crippen LogP contribution in [0.3, 0.4) is 0 Å². The van der Waals surface area contributed by atoms with Gasteiger partial charge in [0, 0.05) is 17.4 Å². The van der Waals surface area contributed by atoms with E-state index < -0.39 is 46.4 Å². The van der Waals surface area contributed by atoms with Gasteiger partial charge in [0.15, 0.2) is 0 Å². The summed E-state index contributed by atoms with van der Waals surface area (Å²) in [5.74, 6) is -0.555. The average molecular weight is 529 g/mol. The predicted octanol–water partition coefficient (Wildman–Crippen LogP) is 6.58. The minimum absolute atomic E-state index is 0.0535. The van der Waals surface area contributed by atoms with Crippen molar-refractivity contribution in [2.24, 2.45) is 34.5 Å². The van der Waals surface area contributed by atoms with Gasteiger partial charge in [-0.2, -0.15) is 26.3 Å². The van der Waals surface area contributed by atoms with Gasteiger partial charge in [0.05, 0.1) is 16.8 Å². The molecule has 1 unspecified atom stereocenters. The van der Waals surface area contributed by atoms with Crippen LogP contribution in [0.1, 0.15) is 63.5 Å². The summed E-state index contributed by atoms with van der Waals surface area (Å²) in [6.45, 7) is 4.17. The van der Waals surface area contributed by atoms with Crippen molar-refractivity contribution < 1.29 is 35.9 Å². The number of hydrogen-bond acceptors (Lipinski definition) is 2. The fraction of sp³-hybridized carbons (Fsp3) is 0.630. The van der Waals surface area contributed by atoms with Crippen molar-refractivity contribution in [2.45, 2.75) is 70.8 Å². The highest BCUT2D eigenvalue weighted by atomic mass is 19.4. The van der Waals surface area contributed by atoms with Crippen LogP contribution in [-0.4, -0.2) is 17.9 Å². The lowest BCUT2D eigenvalue weighted by Crippen LogP contribution is -2.59. The summed E-state index contributed by atoms with van der Waals surface area (Å²) >= 11 is 0. The van der Waals surface area contributed by atoms with Crippen molar-refractivity contribution in [2.75, 3.05) is 5.32 Å². The molecule has 4 aliphatic rings. The van der Waals surface area contributed by atoms with E-state index in [-0.39, 0.29) is 23.3 Å². The fourth-order valence-electron chi connectivity index (χ4n) is 8.06. The Balaban J connectivity index is 1.40. The Morgan fingerprint density at radius 2 is 1.70 bits per heavy atom. The molecule has 3 aliphatic carbocycles. The van der Waals surface area contributed by atoms with Crippen LogP contribution in [0.25, 0.3) is 0 Å². The quantitative estimate of drug-likeness (QED) is 0.427. The average Bonchev–Trinajstić information content (AvgIpc) is 3.15. The summed E-state index contributed by atoms with van der Waals surface area (Å²) in [5, 5.41) is 5.33. The Labute approximate surface area is 211 Å². The van der Waals surface area contributed by atoms with E-state index in [0.717, 1.165) is 25.7 Å². The zero-order valence-corrected chi connectivity index (χ0v) is 20.6. The van der Waals surface area contributed by atoms with Crippen LogP contribution in [-0.2, 0) is 21.9 Å². The first-order valence-corrected chi connectivity index (χ1v) is 12.7. The summed E-state index contributed by atoms with van der Waals surface area (Å²) in [7, 11) is 0. The van der Waals surface area contributed by atoms with Crippen LogP contribution < -0.4 is 10.6 Å². The Hall–Kier alpha value is -2.52. The SMILES string of the molecule is C[C@]12C=CC(=O)N[C@@H]1CC[C@@H]1[C@@H]2CC[C@]2(C)C(C(=O)Nc3cc(C(F)(F)F)ccc3C(F)(F)F)CC[C@@H]12. The molecule has 1 heterocycles. The van der Waals surface area contributed by atoms with Crippen LogP contribution in [0.2, 0.25) is 0 Å². The summed E-state index contributed by atoms with van der Waals surface area (Å²) in [4.78, 5) is 25.3. The number of rotatable bonds is 2. The molecule has 2 amide bonds. The topological polar surface area (TPSA) is 58.2 Å². The lowest BCUT2D eigenvalue weighted by Gasteiger charge is -2.58. The van der Waals surface area contributed by atoms with Gasteiger partial charge in [0.1, 0.15) is 0 Å². The number of amides is 2. The zero-order valence-electron chi connectivity index (χ0n) is 20.6. The van der Waals surface area contributed by atoms with Crippen molar-refractivity contribution in [1.29, 1.82) is 0 Å². The number of alkyl halides is 6. The van der Waals surface area contributed by atoms with Crippen LogP contribution >= 0.6 is 0 Å². The highest BCUT2D eigenvalue weighted by molar-refractivity contribution is 5.94. The Morgan fingerprint density at radius 1 is 0.973 bits per heavy atom. The highest BCUT2D eigenvalue weighted by Crippen LogP contribution is 2.65. The highest BCUT2D eigenvalue weighted by Gasteiger charge is 2.61. The Bertz CT molecular complexity index is 1140. The molecule has 1 aromatic carbocycles. The standard InChI is InChI=1S/C27H30F6N2O2/c1-24-11-9-17-15(4-8-21-25(17,2)12-10-22(36)35-21)16(24)6-7-19(24)23(37)34-20-13-14(26(28,29)30)3-5-18(20)27(31,32)33/h3,5,10,12-13,15-17,19,21H,4,6-9,11H2,1-2H3,(H,34,37)(H,35,36)/t15-,16-,17-,19?,21+,24-,25+/m0/s1. The smallest absolute Gasteiger partial charge is 0.349 e. The number of hydrogen-bond donors (Lipinski definition) is 2. The van der Waals surface area contributed by atoms with E-state index in [1.54, 1.807) is 6.08 Å². The maximum absolute atomic E-state index is 13.6. The number of anilines is 1. The van der Waals surface area contributed by atoms with Crippen molar-refractivity contribution in [3.8, 4) is 0 Å². The van der Waals surface area contributed by atoms with Crippen LogP contribution in [0.4, 0.5) is 32.0 Å². The molecular formula is C27H30F6N2O2. The molecule has 3 saturated carbocycles. The largest absolute Gasteiger partial charge is 0.418 e. The molecule has 0 aromatic heterocycles. The van der Waals surface area contributed by atoms with Crippen molar-refractivity contribution >= 4 is 17.5 Å². The second kappa shape index (κ2) is 8.50. The van der Waals surface area contributed by atoms with Gasteiger partial charge >= 0.3 is 12.4 Å². The molecule has 1 aliphatic heterocycles. The number of benzene rings is 1. The number of fused-ring (bicyclic) bond motifs is 5. The maximum atomic E-state index is 13.6. The van der Waals surface area contributed by atoms with Crippen LogP contribution in [0.15, 0.2) is 30.4 Å². The monoisotopic (exact) mass is 528 g/mol. The van der Waals surface area contributed by atoms with Crippen molar-refractivity contribution in [1.82, 2.24) is 5.32 Å². The normalized spacial score (nSPS) is 37.3. The molecule has 3 fully saturated rings. The molecule has 0 spiro atoms. The van der Waals surface area contributed by atoms with Gasteiger partial charge < -0.3 is 10.6 Å².